The van der Waals surface area contributed by atoms with Crippen molar-refractivity contribution in [3.05, 3.63) is 0 Å². The average Bonchev–Trinajstić information content (AvgIpc) is 2.74. The van der Waals surface area contributed by atoms with E-state index in [-0.39, 0.29) is 19.4 Å². The summed E-state index contributed by atoms with van der Waals surface area (Å²) < 4.78 is 31.5. The molecule has 0 rings (SSSR count). The van der Waals surface area contributed by atoms with E-state index >= 15 is 0 Å². The molecule has 4 N–H and O–H groups in total. The third-order valence-electron chi connectivity index (χ3n) is 4.36. The van der Waals surface area contributed by atoms with Crippen molar-refractivity contribution in [1.29, 1.82) is 0 Å². The molecule has 0 aromatic carbocycles. The van der Waals surface area contributed by atoms with Gasteiger partial charge in [-0.1, -0.05) is 52.4 Å². The molecule has 11 nitrogen and oxygen atoms in total. The number of hydrogen-bond donors (Lipinski definition) is 3. The maximum atomic E-state index is 12.1. The zero-order valence-electron chi connectivity index (χ0n) is 19.0. The minimum atomic E-state index is -4.66. The standard InChI is InChI=1S/C20H38NO10P/c1-3-5-7-8-9-10-12-19(23)31-16(13-28-18(22)11-6-4-2)14-29-32(26,27)30-15-17(21)20(24)25/h16-17H,3-15,21H2,1-2H3,(H,24,25)(H,26,27). The molecule has 3 atom stereocenters. The van der Waals surface area contributed by atoms with Gasteiger partial charge in [0, 0.05) is 12.8 Å². The summed E-state index contributed by atoms with van der Waals surface area (Å²) in [5.41, 5.74) is 5.21. The van der Waals surface area contributed by atoms with Gasteiger partial charge < -0.3 is 25.2 Å². The molecule has 0 saturated heterocycles. The van der Waals surface area contributed by atoms with Gasteiger partial charge in [-0.05, 0) is 12.8 Å². The number of carbonyl (C=O) groups is 3. The van der Waals surface area contributed by atoms with Crippen LogP contribution in [0.2, 0.25) is 0 Å². The van der Waals surface area contributed by atoms with Crippen LogP contribution in [0, 0.1) is 0 Å². The van der Waals surface area contributed by atoms with E-state index in [2.05, 4.69) is 11.4 Å². The number of phosphoric acid groups is 1. The molecule has 0 aliphatic rings. The molecule has 0 amide bonds. The van der Waals surface area contributed by atoms with Gasteiger partial charge in [-0.25, -0.2) is 4.57 Å². The Kier molecular flexibility index (Phi) is 17.1. The molecule has 0 aliphatic heterocycles. The molecular formula is C20H38NO10P. The number of phosphoric ester groups is 1. The van der Waals surface area contributed by atoms with Crippen molar-refractivity contribution in [2.45, 2.75) is 90.2 Å². The average molecular weight is 483 g/mol. The molecule has 188 valence electrons. The largest absolute Gasteiger partial charge is 0.480 e. The van der Waals surface area contributed by atoms with Gasteiger partial charge in [0.05, 0.1) is 13.2 Å². The number of nitrogens with two attached hydrogens (primary N) is 1. The quantitative estimate of drug-likeness (QED) is 0.132. The molecule has 32 heavy (non-hydrogen) atoms. The van der Waals surface area contributed by atoms with Gasteiger partial charge in [-0.2, -0.15) is 0 Å². The van der Waals surface area contributed by atoms with Crippen LogP contribution in [-0.4, -0.2) is 59.9 Å². The fourth-order valence-corrected chi connectivity index (χ4v) is 3.23. The summed E-state index contributed by atoms with van der Waals surface area (Å²) in [4.78, 5) is 44.2. The zero-order valence-corrected chi connectivity index (χ0v) is 19.9. The van der Waals surface area contributed by atoms with E-state index in [1.165, 1.54) is 0 Å². The van der Waals surface area contributed by atoms with Gasteiger partial charge in [0.2, 0.25) is 0 Å². The number of aliphatic carboxylic acids is 1. The van der Waals surface area contributed by atoms with Crippen LogP contribution in [0.3, 0.4) is 0 Å². The van der Waals surface area contributed by atoms with E-state index in [0.717, 1.165) is 38.5 Å². The minimum Gasteiger partial charge on any atom is -0.480 e. The first-order chi connectivity index (χ1) is 15.1. The number of carboxylic acids is 1. The molecular weight excluding hydrogens is 445 g/mol. The van der Waals surface area contributed by atoms with Gasteiger partial charge >= 0.3 is 25.7 Å². The number of carbonyl (C=O) groups excluding carboxylic acids is 2. The first-order valence-corrected chi connectivity index (χ1v) is 12.6. The fraction of sp³-hybridized carbons (Fsp3) is 0.850. The van der Waals surface area contributed by atoms with Gasteiger partial charge in [-0.15, -0.1) is 0 Å². The summed E-state index contributed by atoms with van der Waals surface area (Å²) in [5.74, 6) is -2.44. The van der Waals surface area contributed by atoms with Crippen LogP contribution in [0.15, 0.2) is 0 Å². The molecule has 0 heterocycles. The topological polar surface area (TPSA) is 172 Å². The van der Waals surface area contributed by atoms with Crippen LogP contribution in [0.1, 0.15) is 78.1 Å². The summed E-state index contributed by atoms with van der Waals surface area (Å²) in [6, 6.07) is -1.51. The summed E-state index contributed by atoms with van der Waals surface area (Å²) in [5, 5.41) is 8.69. The summed E-state index contributed by atoms with van der Waals surface area (Å²) in [7, 11) is -4.66. The third kappa shape index (κ3) is 17.1. The highest BCUT2D eigenvalue weighted by molar-refractivity contribution is 7.47. The van der Waals surface area contributed by atoms with Crippen LogP contribution in [0.4, 0.5) is 0 Å². The second kappa shape index (κ2) is 18.0. The minimum absolute atomic E-state index is 0.160. The highest BCUT2D eigenvalue weighted by Gasteiger charge is 2.28. The Balaban J connectivity index is 4.64. The van der Waals surface area contributed by atoms with Crippen molar-refractivity contribution in [3.63, 3.8) is 0 Å². The Morgan fingerprint density at radius 3 is 2.03 bits per heavy atom. The lowest BCUT2D eigenvalue weighted by Gasteiger charge is -2.20. The molecule has 0 spiro atoms. The van der Waals surface area contributed by atoms with Gasteiger partial charge in [0.1, 0.15) is 12.6 Å². The monoisotopic (exact) mass is 483 g/mol. The van der Waals surface area contributed by atoms with Crippen LogP contribution in [0.5, 0.6) is 0 Å². The molecule has 0 aliphatic carbocycles. The Morgan fingerprint density at radius 1 is 0.844 bits per heavy atom. The van der Waals surface area contributed by atoms with Crippen LogP contribution in [-0.2, 0) is 37.5 Å². The molecule has 3 unspecified atom stereocenters. The number of esters is 2. The lowest BCUT2D eigenvalue weighted by Crippen LogP contribution is -2.34. The lowest BCUT2D eigenvalue weighted by molar-refractivity contribution is -0.161. The molecule has 12 heteroatoms. The number of ether oxygens (including phenoxy) is 2. The summed E-state index contributed by atoms with van der Waals surface area (Å²) in [6.45, 7) is 2.35. The van der Waals surface area contributed by atoms with Crippen molar-refractivity contribution >= 4 is 25.7 Å². The van der Waals surface area contributed by atoms with Crippen LogP contribution in [0.25, 0.3) is 0 Å². The van der Waals surface area contributed by atoms with Crippen molar-refractivity contribution < 1.29 is 47.5 Å². The Bertz CT molecular complexity index is 601. The van der Waals surface area contributed by atoms with Gasteiger partial charge in [-0.3, -0.25) is 23.4 Å². The zero-order chi connectivity index (χ0) is 24.4. The Morgan fingerprint density at radius 2 is 1.41 bits per heavy atom. The molecule has 0 fully saturated rings. The van der Waals surface area contributed by atoms with E-state index < -0.39 is 51.1 Å². The Labute approximate surface area is 189 Å². The van der Waals surface area contributed by atoms with E-state index in [4.69, 9.17) is 24.8 Å². The Hall–Kier alpha value is -1.52. The molecule has 0 bridgehead atoms. The molecule has 0 aromatic rings. The maximum absolute atomic E-state index is 12.1. The second-order valence-corrected chi connectivity index (χ2v) is 8.87. The van der Waals surface area contributed by atoms with Gasteiger partial charge in [0.25, 0.3) is 0 Å². The first-order valence-electron chi connectivity index (χ1n) is 11.1. The molecule has 0 radical (unpaired) electrons. The highest BCUT2D eigenvalue weighted by Crippen LogP contribution is 2.43. The normalized spacial score (nSPS) is 14.9. The number of rotatable bonds is 20. The third-order valence-corrected chi connectivity index (χ3v) is 5.31. The predicted molar refractivity (Wildman–Crippen MR) is 116 cm³/mol. The smallest absolute Gasteiger partial charge is 0.472 e. The van der Waals surface area contributed by atoms with Crippen LogP contribution < -0.4 is 5.73 Å². The maximum Gasteiger partial charge on any atom is 0.472 e. The molecule has 0 aromatic heterocycles. The van der Waals surface area contributed by atoms with E-state index in [1.807, 2.05) is 6.92 Å². The van der Waals surface area contributed by atoms with Crippen molar-refractivity contribution in [2.24, 2.45) is 5.73 Å². The van der Waals surface area contributed by atoms with Gasteiger partial charge in [0.15, 0.2) is 6.10 Å². The van der Waals surface area contributed by atoms with Crippen molar-refractivity contribution in [3.8, 4) is 0 Å². The second-order valence-electron chi connectivity index (χ2n) is 7.42. The first kappa shape index (κ1) is 30.5. The SMILES string of the molecule is CCCCCCCCC(=O)OC(COC(=O)CCCC)COP(=O)(O)OCC(N)C(=O)O. The highest BCUT2D eigenvalue weighted by atomic mass is 31.2. The number of unbranched alkanes of at least 4 members (excludes halogenated alkanes) is 6. The summed E-state index contributed by atoms with van der Waals surface area (Å²) in [6.07, 6.45) is 6.60. The van der Waals surface area contributed by atoms with E-state index in [0.29, 0.717) is 12.8 Å². The summed E-state index contributed by atoms with van der Waals surface area (Å²) >= 11 is 0. The van der Waals surface area contributed by atoms with E-state index in [1.54, 1.807) is 0 Å². The number of carboxylic acid groups (broad SMARTS) is 1. The lowest BCUT2D eigenvalue weighted by atomic mass is 10.1. The molecule has 0 saturated carbocycles. The van der Waals surface area contributed by atoms with Crippen LogP contribution >= 0.6 is 7.82 Å². The predicted octanol–water partition coefficient (Wildman–Crippen LogP) is 2.93. The van der Waals surface area contributed by atoms with Crippen molar-refractivity contribution in [1.82, 2.24) is 0 Å². The van der Waals surface area contributed by atoms with Crippen molar-refractivity contribution in [2.75, 3.05) is 19.8 Å². The number of hydrogen-bond acceptors (Lipinski definition) is 9. The fourth-order valence-electron chi connectivity index (χ4n) is 2.45. The van der Waals surface area contributed by atoms with E-state index in [9.17, 15) is 23.8 Å².